The molecule has 0 spiro atoms. The largest absolute Gasteiger partial charge is 0.394 e. The fourth-order valence-corrected chi connectivity index (χ4v) is 0. The summed E-state index contributed by atoms with van der Waals surface area (Å²) in [5, 5.41) is 15.2. The molecule has 0 aromatic rings. The fraction of sp³-hybridized carbons (Fsp3) is 0.429. The minimum absolute atomic E-state index is 0.125. The van der Waals surface area contributed by atoms with Gasteiger partial charge in [0.05, 0.1) is 13.2 Å². The van der Waals surface area contributed by atoms with Crippen LogP contribution in [-0.4, -0.2) is 23.4 Å². The van der Waals surface area contributed by atoms with E-state index < -0.39 is 0 Å². The molecular weight excluding hydrogens is 116 g/mol. The lowest BCUT2D eigenvalue weighted by molar-refractivity contribution is 0.186. The molecule has 0 unspecified atom stereocenters. The fourth-order valence-electron chi connectivity index (χ4n) is 0. The molecule has 0 saturated carbocycles. The van der Waals surface area contributed by atoms with E-state index >= 15 is 0 Å². The summed E-state index contributed by atoms with van der Waals surface area (Å²) in [6.07, 6.45) is 1.72. The molecule has 0 saturated heterocycles. The number of rotatable bonds is 2. The Balaban J connectivity index is 0. The van der Waals surface area contributed by atoms with Crippen molar-refractivity contribution in [3.8, 4) is 0 Å². The second-order valence-electron chi connectivity index (χ2n) is 1.50. The van der Waals surface area contributed by atoms with Gasteiger partial charge in [0.2, 0.25) is 0 Å². The van der Waals surface area contributed by atoms with Crippen LogP contribution in [-0.2, 0) is 0 Å². The molecule has 2 nitrogen and oxygen atoms in total. The van der Waals surface area contributed by atoms with Crippen LogP contribution in [0.4, 0.5) is 0 Å². The van der Waals surface area contributed by atoms with Gasteiger partial charge in [-0.3, -0.25) is 0 Å². The van der Waals surface area contributed by atoms with Crippen LogP contribution >= 0.6 is 0 Å². The van der Waals surface area contributed by atoms with E-state index in [1.807, 2.05) is 6.92 Å². The van der Waals surface area contributed by atoms with Gasteiger partial charge in [0, 0.05) is 0 Å². The lowest BCUT2D eigenvalue weighted by atomic mass is 10.4. The molecule has 0 aliphatic heterocycles. The van der Waals surface area contributed by atoms with Crippen LogP contribution in [0.1, 0.15) is 6.92 Å². The van der Waals surface area contributed by atoms with Gasteiger partial charge in [-0.25, -0.2) is 0 Å². The summed E-state index contributed by atoms with van der Waals surface area (Å²) in [6.45, 7) is 8.68. The maximum atomic E-state index is 7.62. The second kappa shape index (κ2) is 10.4. The third-order valence-corrected chi connectivity index (χ3v) is 0.448. The van der Waals surface area contributed by atoms with E-state index in [-0.39, 0.29) is 13.2 Å². The zero-order chi connectivity index (χ0) is 7.70. The van der Waals surface area contributed by atoms with E-state index in [0.29, 0.717) is 0 Å². The smallest absolute Gasteiger partial charge is 0.0662 e. The van der Waals surface area contributed by atoms with E-state index in [0.717, 1.165) is 5.57 Å². The van der Waals surface area contributed by atoms with Crippen LogP contribution in [0.5, 0.6) is 0 Å². The molecule has 0 aromatic carbocycles. The van der Waals surface area contributed by atoms with Gasteiger partial charge in [-0.2, -0.15) is 0 Å². The zero-order valence-corrected chi connectivity index (χ0v) is 5.80. The topological polar surface area (TPSA) is 40.5 Å². The molecule has 2 heteroatoms. The maximum Gasteiger partial charge on any atom is 0.0662 e. The van der Waals surface area contributed by atoms with Gasteiger partial charge in [-0.05, 0) is 6.92 Å². The Morgan fingerprint density at radius 3 is 1.67 bits per heavy atom. The molecule has 0 fully saturated rings. The SMILES string of the molecule is C=CC(=C)C.OCCO. The number of aliphatic hydroxyl groups is 2. The molecule has 54 valence electrons. The Morgan fingerprint density at radius 1 is 1.44 bits per heavy atom. The molecule has 0 atom stereocenters. The number of aliphatic hydroxyl groups excluding tert-OH is 2. The van der Waals surface area contributed by atoms with Crippen molar-refractivity contribution < 1.29 is 10.2 Å². The summed E-state index contributed by atoms with van der Waals surface area (Å²) in [5.41, 5.74) is 1.02. The van der Waals surface area contributed by atoms with Crippen molar-refractivity contribution in [2.75, 3.05) is 13.2 Å². The van der Waals surface area contributed by atoms with Crippen molar-refractivity contribution in [3.05, 3.63) is 24.8 Å². The number of hydrogen-bond donors (Lipinski definition) is 2. The molecule has 0 bridgehead atoms. The summed E-state index contributed by atoms with van der Waals surface area (Å²) in [4.78, 5) is 0. The minimum Gasteiger partial charge on any atom is -0.394 e. The highest BCUT2D eigenvalue weighted by molar-refractivity contribution is 5.05. The highest BCUT2D eigenvalue weighted by Crippen LogP contribution is 1.81. The van der Waals surface area contributed by atoms with Crippen molar-refractivity contribution >= 4 is 0 Å². The molecule has 0 aromatic heterocycles. The summed E-state index contributed by atoms with van der Waals surface area (Å²) in [5.74, 6) is 0. The van der Waals surface area contributed by atoms with Crippen molar-refractivity contribution in [1.82, 2.24) is 0 Å². The van der Waals surface area contributed by atoms with Crippen LogP contribution in [0.25, 0.3) is 0 Å². The third kappa shape index (κ3) is 37.5. The van der Waals surface area contributed by atoms with Crippen LogP contribution in [0.3, 0.4) is 0 Å². The van der Waals surface area contributed by atoms with Gasteiger partial charge in [0.15, 0.2) is 0 Å². The summed E-state index contributed by atoms with van der Waals surface area (Å²) in [7, 11) is 0. The number of hydrogen-bond acceptors (Lipinski definition) is 2. The Bertz CT molecular complexity index is 75.0. The van der Waals surface area contributed by atoms with Crippen LogP contribution in [0, 0.1) is 0 Å². The highest BCUT2D eigenvalue weighted by Gasteiger charge is 1.59. The van der Waals surface area contributed by atoms with E-state index in [1.165, 1.54) is 0 Å². The van der Waals surface area contributed by atoms with Crippen LogP contribution < -0.4 is 0 Å². The molecule has 0 aliphatic rings. The van der Waals surface area contributed by atoms with Crippen LogP contribution in [0.15, 0.2) is 24.8 Å². The lowest BCUT2D eigenvalue weighted by Gasteiger charge is -1.71. The van der Waals surface area contributed by atoms with Gasteiger partial charge in [0.1, 0.15) is 0 Å². The monoisotopic (exact) mass is 130 g/mol. The molecule has 2 N–H and O–H groups in total. The molecular formula is C7H14O2. The first kappa shape index (κ1) is 11.2. The summed E-state index contributed by atoms with van der Waals surface area (Å²) >= 11 is 0. The van der Waals surface area contributed by atoms with E-state index in [2.05, 4.69) is 13.2 Å². The van der Waals surface area contributed by atoms with Crippen LogP contribution in [0.2, 0.25) is 0 Å². The van der Waals surface area contributed by atoms with Gasteiger partial charge >= 0.3 is 0 Å². The first-order chi connectivity index (χ1) is 4.18. The number of allylic oxidation sites excluding steroid dienone is 2. The zero-order valence-electron chi connectivity index (χ0n) is 5.80. The maximum absolute atomic E-state index is 7.62. The Morgan fingerprint density at radius 2 is 1.67 bits per heavy atom. The molecule has 0 heterocycles. The second-order valence-corrected chi connectivity index (χ2v) is 1.50. The van der Waals surface area contributed by atoms with Gasteiger partial charge < -0.3 is 10.2 Å². The standard InChI is InChI=1S/C5H8.C2H6O2/c1-4-5(2)3;3-1-2-4/h4H,1-2H2,3H3;3-4H,1-2H2. The normalized spacial score (nSPS) is 7.00. The molecule has 0 rings (SSSR count). The first-order valence-corrected chi connectivity index (χ1v) is 2.68. The van der Waals surface area contributed by atoms with E-state index in [9.17, 15) is 0 Å². The molecule has 0 aliphatic carbocycles. The summed E-state index contributed by atoms with van der Waals surface area (Å²) in [6, 6.07) is 0. The van der Waals surface area contributed by atoms with Crippen molar-refractivity contribution in [1.29, 1.82) is 0 Å². The van der Waals surface area contributed by atoms with Gasteiger partial charge in [0.25, 0.3) is 0 Å². The molecule has 9 heavy (non-hydrogen) atoms. The summed E-state index contributed by atoms with van der Waals surface area (Å²) < 4.78 is 0. The van der Waals surface area contributed by atoms with Crippen molar-refractivity contribution in [3.63, 3.8) is 0 Å². The Hall–Kier alpha value is -0.600. The highest BCUT2D eigenvalue weighted by atomic mass is 16.3. The van der Waals surface area contributed by atoms with E-state index in [4.69, 9.17) is 10.2 Å². The first-order valence-electron chi connectivity index (χ1n) is 2.68. The predicted octanol–water partition coefficient (Wildman–Crippen LogP) is 0.719. The third-order valence-electron chi connectivity index (χ3n) is 0.448. The van der Waals surface area contributed by atoms with E-state index in [1.54, 1.807) is 6.08 Å². The molecule has 0 radical (unpaired) electrons. The Labute approximate surface area is 56.1 Å². The van der Waals surface area contributed by atoms with Gasteiger partial charge in [-0.15, -0.1) is 0 Å². The molecule has 0 amide bonds. The minimum atomic E-state index is -0.125. The average Bonchev–Trinajstić information content (AvgIpc) is 1.89. The van der Waals surface area contributed by atoms with Crippen molar-refractivity contribution in [2.45, 2.75) is 6.92 Å². The quantitative estimate of drug-likeness (QED) is 0.541. The average molecular weight is 130 g/mol. The van der Waals surface area contributed by atoms with Crippen molar-refractivity contribution in [2.24, 2.45) is 0 Å². The predicted molar refractivity (Wildman–Crippen MR) is 39.2 cm³/mol. The van der Waals surface area contributed by atoms with Gasteiger partial charge in [-0.1, -0.05) is 24.8 Å². The lowest BCUT2D eigenvalue weighted by Crippen LogP contribution is -1.85. The Kier molecular flexibility index (Phi) is 13.0.